The molecule has 4 rings (SSSR count). The van der Waals surface area contributed by atoms with Gasteiger partial charge in [0.1, 0.15) is 12.4 Å². The summed E-state index contributed by atoms with van der Waals surface area (Å²) >= 11 is 0. The van der Waals surface area contributed by atoms with Gasteiger partial charge in [-0.3, -0.25) is 0 Å². The minimum Gasteiger partial charge on any atom is -0.377 e. The molecule has 5 nitrogen and oxygen atoms in total. The number of aryl methyl sites for hydroxylation is 1. The van der Waals surface area contributed by atoms with Crippen LogP contribution in [0.2, 0.25) is 0 Å². The Hall–Kier alpha value is -0.940. The van der Waals surface area contributed by atoms with E-state index in [1.165, 1.54) is 70.6 Å². The zero-order valence-electron chi connectivity index (χ0n) is 15.1. The summed E-state index contributed by atoms with van der Waals surface area (Å²) in [5, 5.41) is 8.52. The number of hydrogen-bond acceptors (Lipinski definition) is 4. The van der Waals surface area contributed by atoms with Crippen molar-refractivity contribution in [2.24, 2.45) is 5.41 Å². The lowest BCUT2D eigenvalue weighted by Gasteiger charge is -2.44. The van der Waals surface area contributed by atoms with Crippen LogP contribution in [0.25, 0.3) is 0 Å². The van der Waals surface area contributed by atoms with Crippen molar-refractivity contribution >= 4 is 0 Å². The SMILES string of the molecule is COCc1nc2n(n1)CCCC2NC1CCC2(CCCCC2)CC1. The Kier molecular flexibility index (Phi) is 4.90. The van der Waals surface area contributed by atoms with Gasteiger partial charge in [-0.05, 0) is 56.8 Å². The monoisotopic (exact) mass is 332 g/mol. The van der Waals surface area contributed by atoms with E-state index in [0.717, 1.165) is 18.2 Å². The largest absolute Gasteiger partial charge is 0.377 e. The van der Waals surface area contributed by atoms with Crippen molar-refractivity contribution in [3.8, 4) is 0 Å². The van der Waals surface area contributed by atoms with Crippen LogP contribution < -0.4 is 5.32 Å². The molecule has 1 N–H and O–H groups in total. The van der Waals surface area contributed by atoms with E-state index < -0.39 is 0 Å². The molecule has 0 radical (unpaired) electrons. The van der Waals surface area contributed by atoms with E-state index in [-0.39, 0.29) is 0 Å². The Morgan fingerprint density at radius 2 is 1.88 bits per heavy atom. The third-order valence-electron chi connectivity index (χ3n) is 6.59. The summed E-state index contributed by atoms with van der Waals surface area (Å²) < 4.78 is 7.29. The lowest BCUT2D eigenvalue weighted by molar-refractivity contribution is 0.102. The van der Waals surface area contributed by atoms with Gasteiger partial charge in [0.25, 0.3) is 0 Å². The molecular weight excluding hydrogens is 300 g/mol. The summed E-state index contributed by atoms with van der Waals surface area (Å²) in [5.74, 6) is 1.96. The van der Waals surface area contributed by atoms with Crippen molar-refractivity contribution in [3.63, 3.8) is 0 Å². The van der Waals surface area contributed by atoms with Gasteiger partial charge in [-0.1, -0.05) is 19.3 Å². The smallest absolute Gasteiger partial charge is 0.176 e. The zero-order valence-corrected chi connectivity index (χ0v) is 15.1. The van der Waals surface area contributed by atoms with Gasteiger partial charge in [-0.2, -0.15) is 5.10 Å². The highest BCUT2D eigenvalue weighted by atomic mass is 16.5. The number of ether oxygens (including phenoxy) is 1. The maximum atomic E-state index is 5.20. The Balaban J connectivity index is 1.37. The van der Waals surface area contributed by atoms with Gasteiger partial charge in [0, 0.05) is 19.7 Å². The quantitative estimate of drug-likeness (QED) is 0.912. The van der Waals surface area contributed by atoms with E-state index in [4.69, 9.17) is 9.72 Å². The van der Waals surface area contributed by atoms with Crippen LogP contribution in [0.4, 0.5) is 0 Å². The first-order valence-corrected chi connectivity index (χ1v) is 9.97. The van der Waals surface area contributed by atoms with Gasteiger partial charge in [0.05, 0.1) is 6.04 Å². The first kappa shape index (κ1) is 16.5. The average Bonchev–Trinajstić information content (AvgIpc) is 3.02. The molecule has 2 heterocycles. The minimum absolute atomic E-state index is 0.377. The second-order valence-electron chi connectivity index (χ2n) is 8.24. The molecule has 24 heavy (non-hydrogen) atoms. The number of rotatable bonds is 4. The fourth-order valence-electron chi connectivity index (χ4n) is 5.23. The summed E-state index contributed by atoms with van der Waals surface area (Å²) in [6, 6.07) is 1.04. The van der Waals surface area contributed by atoms with Crippen molar-refractivity contribution in [2.75, 3.05) is 7.11 Å². The van der Waals surface area contributed by atoms with Crippen LogP contribution in [-0.4, -0.2) is 27.9 Å². The Labute approximate surface area is 145 Å². The van der Waals surface area contributed by atoms with E-state index in [0.29, 0.717) is 24.1 Å². The summed E-state index contributed by atoms with van der Waals surface area (Å²) in [6.07, 6.45) is 15.3. The van der Waals surface area contributed by atoms with Crippen LogP contribution in [0.15, 0.2) is 0 Å². The molecule has 2 aliphatic carbocycles. The Morgan fingerprint density at radius 1 is 1.08 bits per heavy atom. The van der Waals surface area contributed by atoms with Gasteiger partial charge >= 0.3 is 0 Å². The van der Waals surface area contributed by atoms with Crippen molar-refractivity contribution in [1.82, 2.24) is 20.1 Å². The van der Waals surface area contributed by atoms with E-state index in [9.17, 15) is 0 Å². The predicted molar refractivity (Wildman–Crippen MR) is 93.6 cm³/mol. The molecule has 0 bridgehead atoms. The lowest BCUT2D eigenvalue weighted by Crippen LogP contribution is -2.41. The Bertz CT molecular complexity index is 540. The number of aromatic nitrogens is 3. The number of nitrogens with one attached hydrogen (secondary N) is 1. The maximum Gasteiger partial charge on any atom is 0.176 e. The van der Waals surface area contributed by atoms with Crippen LogP contribution in [0.3, 0.4) is 0 Å². The molecule has 1 aliphatic heterocycles. The van der Waals surface area contributed by atoms with E-state index in [1.54, 1.807) is 7.11 Å². The predicted octanol–water partition coefficient (Wildman–Crippen LogP) is 3.74. The zero-order chi connectivity index (χ0) is 16.4. The topological polar surface area (TPSA) is 52.0 Å². The lowest BCUT2D eigenvalue weighted by atomic mass is 9.64. The Morgan fingerprint density at radius 3 is 2.62 bits per heavy atom. The summed E-state index contributed by atoms with van der Waals surface area (Å²) in [4.78, 5) is 4.74. The van der Waals surface area contributed by atoms with Crippen molar-refractivity contribution in [2.45, 2.75) is 95.9 Å². The first-order chi connectivity index (χ1) is 11.8. The molecule has 2 fully saturated rings. The molecule has 1 spiro atoms. The summed E-state index contributed by atoms with van der Waals surface area (Å²) in [5.41, 5.74) is 0.703. The standard InChI is InChI=1S/C19H32N4O/c1-24-14-17-21-18-16(6-5-13-23(18)22-17)20-15-7-11-19(12-8-15)9-3-2-4-10-19/h15-16,20H,2-14H2,1H3. The highest BCUT2D eigenvalue weighted by Crippen LogP contribution is 2.47. The molecule has 134 valence electrons. The van der Waals surface area contributed by atoms with E-state index >= 15 is 0 Å². The van der Waals surface area contributed by atoms with Crippen LogP contribution in [0, 0.1) is 5.41 Å². The number of hydrogen-bond donors (Lipinski definition) is 1. The molecule has 3 aliphatic rings. The van der Waals surface area contributed by atoms with Gasteiger partial charge < -0.3 is 10.1 Å². The van der Waals surface area contributed by atoms with Crippen molar-refractivity contribution < 1.29 is 4.74 Å². The molecule has 1 aromatic heterocycles. The molecule has 1 unspecified atom stereocenters. The van der Waals surface area contributed by atoms with Crippen LogP contribution in [0.1, 0.15) is 88.3 Å². The van der Waals surface area contributed by atoms with E-state index in [1.807, 2.05) is 0 Å². The molecule has 0 saturated heterocycles. The van der Waals surface area contributed by atoms with E-state index in [2.05, 4.69) is 15.1 Å². The third kappa shape index (κ3) is 3.38. The number of fused-ring (bicyclic) bond motifs is 1. The normalized spacial score (nSPS) is 27.3. The fourth-order valence-corrected chi connectivity index (χ4v) is 5.23. The van der Waals surface area contributed by atoms with Gasteiger partial charge in [0.15, 0.2) is 5.82 Å². The molecule has 0 amide bonds. The third-order valence-corrected chi connectivity index (χ3v) is 6.59. The molecule has 5 heteroatoms. The second-order valence-corrected chi connectivity index (χ2v) is 8.24. The van der Waals surface area contributed by atoms with Crippen LogP contribution >= 0.6 is 0 Å². The summed E-state index contributed by atoms with van der Waals surface area (Å²) in [7, 11) is 1.71. The molecule has 1 atom stereocenters. The average molecular weight is 332 g/mol. The van der Waals surface area contributed by atoms with Gasteiger partial charge in [0.2, 0.25) is 0 Å². The molecule has 0 aromatic carbocycles. The highest BCUT2D eigenvalue weighted by molar-refractivity contribution is 5.03. The van der Waals surface area contributed by atoms with Crippen LogP contribution in [-0.2, 0) is 17.9 Å². The molecular formula is C19H32N4O. The minimum atomic E-state index is 0.377. The highest BCUT2D eigenvalue weighted by Gasteiger charge is 2.37. The second kappa shape index (κ2) is 7.12. The van der Waals surface area contributed by atoms with Crippen molar-refractivity contribution in [3.05, 3.63) is 11.6 Å². The summed E-state index contributed by atoms with van der Waals surface area (Å²) in [6.45, 7) is 1.51. The molecule has 1 aromatic rings. The number of methoxy groups -OCH3 is 1. The van der Waals surface area contributed by atoms with Gasteiger partial charge in [-0.25, -0.2) is 9.67 Å². The molecule has 2 saturated carbocycles. The van der Waals surface area contributed by atoms with Crippen molar-refractivity contribution in [1.29, 1.82) is 0 Å². The van der Waals surface area contributed by atoms with Crippen LogP contribution in [0.5, 0.6) is 0 Å². The van der Waals surface area contributed by atoms with Gasteiger partial charge in [-0.15, -0.1) is 0 Å². The number of nitrogens with zero attached hydrogens (tertiary/aromatic N) is 3. The maximum absolute atomic E-state index is 5.20. The first-order valence-electron chi connectivity index (χ1n) is 9.97. The fraction of sp³-hybridized carbons (Fsp3) is 0.895.